The van der Waals surface area contributed by atoms with Crippen LogP contribution in [-0.2, 0) is 0 Å². The molecule has 0 aliphatic carbocycles. The number of nitrogens with one attached hydrogen (secondary N) is 2. The molecule has 0 atom stereocenters. The molecule has 0 unspecified atom stereocenters. The van der Waals surface area contributed by atoms with Crippen molar-refractivity contribution in [3.63, 3.8) is 0 Å². The summed E-state index contributed by atoms with van der Waals surface area (Å²) in [4.78, 5) is 3.53. The molecule has 3 nitrogen and oxygen atoms in total. The molecule has 118 valence electrons. The van der Waals surface area contributed by atoms with Gasteiger partial charge in [0.05, 0.1) is 11.9 Å². The Morgan fingerprint density at radius 3 is 2.17 bits per heavy atom. The average Bonchev–Trinajstić information content (AvgIpc) is 2.96. The average molecular weight is 314 g/mol. The molecule has 4 aromatic rings. The Balaban J connectivity index is 1.86. The second-order valence-corrected chi connectivity index (χ2v) is 6.16. The summed E-state index contributed by atoms with van der Waals surface area (Å²) in [5.74, 6) is 1.04. The number of hydrogen-bond acceptors (Lipinski definition) is 1. The van der Waals surface area contributed by atoms with E-state index in [1.54, 1.807) is 0 Å². The minimum Gasteiger partial charge on any atom is -0.270 e. The monoisotopic (exact) mass is 314 g/mol. The number of imidazole rings is 1. The van der Waals surface area contributed by atoms with Gasteiger partial charge in [0.2, 0.25) is 5.65 Å². The fraction of sp³-hybridized carbons (Fsp3) is 0.0952. The molecule has 2 aromatic carbocycles. The Hall–Kier alpha value is -3.07. The molecule has 0 aliphatic rings. The van der Waals surface area contributed by atoms with Gasteiger partial charge in [-0.1, -0.05) is 53.6 Å². The van der Waals surface area contributed by atoms with Crippen molar-refractivity contribution in [1.82, 2.24) is 4.98 Å². The number of aromatic amines is 1. The second kappa shape index (κ2) is 5.85. The lowest BCUT2D eigenvalue weighted by Gasteiger charge is -2.04. The van der Waals surface area contributed by atoms with E-state index in [0.29, 0.717) is 0 Å². The van der Waals surface area contributed by atoms with E-state index >= 15 is 0 Å². The van der Waals surface area contributed by atoms with Gasteiger partial charge in [0.15, 0.2) is 5.69 Å². The quantitative estimate of drug-likeness (QED) is 0.524. The van der Waals surface area contributed by atoms with E-state index in [1.807, 2.05) is 12.1 Å². The largest absolute Gasteiger partial charge is 0.271 e. The summed E-state index contributed by atoms with van der Waals surface area (Å²) in [7, 11) is 0. The van der Waals surface area contributed by atoms with Crippen LogP contribution in [0.25, 0.3) is 16.9 Å². The highest BCUT2D eigenvalue weighted by Gasteiger charge is 2.20. The van der Waals surface area contributed by atoms with Crippen LogP contribution in [0.2, 0.25) is 0 Å². The highest BCUT2D eigenvalue weighted by Crippen LogP contribution is 2.27. The number of hydrogen-bond donors (Lipinski definition) is 2. The fourth-order valence-corrected chi connectivity index (χ4v) is 2.87. The zero-order valence-electron chi connectivity index (χ0n) is 13.9. The molecular formula is C21H20N3+. The van der Waals surface area contributed by atoms with Crippen LogP contribution in [-0.4, -0.2) is 4.98 Å². The molecule has 4 rings (SSSR count). The van der Waals surface area contributed by atoms with Crippen LogP contribution in [0, 0.1) is 13.8 Å². The maximum atomic E-state index is 3.57. The van der Waals surface area contributed by atoms with Crippen LogP contribution in [0.5, 0.6) is 0 Å². The van der Waals surface area contributed by atoms with Crippen molar-refractivity contribution in [3.05, 3.63) is 84.1 Å². The van der Waals surface area contributed by atoms with E-state index in [2.05, 4.69) is 89.3 Å². The van der Waals surface area contributed by atoms with E-state index in [-0.39, 0.29) is 0 Å². The van der Waals surface area contributed by atoms with E-state index in [9.17, 15) is 0 Å². The zero-order valence-corrected chi connectivity index (χ0v) is 13.9. The molecule has 0 spiro atoms. The van der Waals surface area contributed by atoms with Crippen molar-refractivity contribution >= 4 is 17.2 Å². The van der Waals surface area contributed by atoms with E-state index in [0.717, 1.165) is 22.8 Å². The van der Waals surface area contributed by atoms with Crippen LogP contribution in [0.4, 0.5) is 11.5 Å². The summed E-state index contributed by atoms with van der Waals surface area (Å²) in [5, 5.41) is 3.57. The number of H-pyrrole nitrogens is 1. The second-order valence-electron chi connectivity index (χ2n) is 6.16. The van der Waals surface area contributed by atoms with Gasteiger partial charge in [0.25, 0.3) is 5.82 Å². The van der Waals surface area contributed by atoms with Crippen molar-refractivity contribution in [2.45, 2.75) is 13.8 Å². The lowest BCUT2D eigenvalue weighted by atomic mass is 10.1. The minimum atomic E-state index is 1.04. The van der Waals surface area contributed by atoms with Gasteiger partial charge < -0.3 is 0 Å². The third-order valence-electron chi connectivity index (χ3n) is 4.25. The number of benzene rings is 2. The lowest BCUT2D eigenvalue weighted by molar-refractivity contribution is -0.493. The van der Waals surface area contributed by atoms with Crippen molar-refractivity contribution in [2.24, 2.45) is 0 Å². The van der Waals surface area contributed by atoms with Crippen LogP contribution in [0.1, 0.15) is 11.1 Å². The molecule has 0 fully saturated rings. The first-order valence-electron chi connectivity index (χ1n) is 8.14. The van der Waals surface area contributed by atoms with Crippen molar-refractivity contribution < 1.29 is 4.40 Å². The molecule has 0 radical (unpaired) electrons. The van der Waals surface area contributed by atoms with E-state index < -0.39 is 0 Å². The fourth-order valence-electron chi connectivity index (χ4n) is 2.87. The molecule has 2 N–H and O–H groups in total. The molecule has 0 saturated heterocycles. The maximum Gasteiger partial charge on any atom is 0.271 e. The Bertz CT molecular complexity index is 980. The third kappa shape index (κ3) is 2.65. The Morgan fingerprint density at radius 1 is 0.792 bits per heavy atom. The van der Waals surface area contributed by atoms with Gasteiger partial charge in [-0.3, -0.25) is 10.3 Å². The van der Waals surface area contributed by atoms with Crippen LogP contribution >= 0.6 is 0 Å². The molecule has 0 amide bonds. The standard InChI is InChI=1S/C21H19N3/c1-15-6-10-17(11-7-15)20-21(22-18-12-8-16(2)9-13-18)24-14-4-3-5-19(24)23-20/h3-14,22H,1-2H3/p+1. The van der Waals surface area contributed by atoms with Gasteiger partial charge in [-0.2, -0.15) is 0 Å². The molecule has 0 aliphatic heterocycles. The number of pyridine rings is 1. The first kappa shape index (κ1) is 14.5. The first-order chi connectivity index (χ1) is 11.7. The molecule has 2 aromatic heterocycles. The lowest BCUT2D eigenvalue weighted by Crippen LogP contribution is -2.22. The number of rotatable bonds is 3. The highest BCUT2D eigenvalue weighted by molar-refractivity contribution is 5.75. The van der Waals surface area contributed by atoms with Gasteiger partial charge in [-0.15, -0.1) is 0 Å². The smallest absolute Gasteiger partial charge is 0.270 e. The number of nitrogens with zero attached hydrogens (tertiary/aromatic N) is 1. The van der Waals surface area contributed by atoms with E-state index in [4.69, 9.17) is 0 Å². The summed E-state index contributed by atoms with van der Waals surface area (Å²) < 4.78 is 2.15. The number of anilines is 2. The van der Waals surface area contributed by atoms with Crippen LogP contribution in [0.15, 0.2) is 72.9 Å². The molecule has 0 saturated carbocycles. The number of aryl methyl sites for hydroxylation is 2. The molecule has 0 bridgehead atoms. The molecule has 2 heterocycles. The predicted molar refractivity (Wildman–Crippen MR) is 98.6 cm³/mol. The number of fused-ring (bicyclic) bond motifs is 1. The summed E-state index contributed by atoms with van der Waals surface area (Å²) >= 11 is 0. The van der Waals surface area contributed by atoms with Gasteiger partial charge in [0, 0.05) is 11.6 Å². The maximum absolute atomic E-state index is 3.57. The number of aromatic nitrogens is 2. The third-order valence-corrected chi connectivity index (χ3v) is 4.25. The molecule has 3 heteroatoms. The summed E-state index contributed by atoms with van der Waals surface area (Å²) in [6.45, 7) is 4.21. The van der Waals surface area contributed by atoms with Gasteiger partial charge >= 0.3 is 0 Å². The normalized spacial score (nSPS) is 10.9. The summed E-state index contributed by atoms with van der Waals surface area (Å²) in [6, 6.07) is 23.2. The highest BCUT2D eigenvalue weighted by atomic mass is 15.1. The molecular weight excluding hydrogens is 294 g/mol. The van der Waals surface area contributed by atoms with Crippen LogP contribution in [0.3, 0.4) is 0 Å². The Labute approximate surface area is 141 Å². The van der Waals surface area contributed by atoms with Crippen LogP contribution < -0.4 is 9.72 Å². The van der Waals surface area contributed by atoms with Crippen molar-refractivity contribution in [1.29, 1.82) is 0 Å². The minimum absolute atomic E-state index is 1.04. The molecule has 24 heavy (non-hydrogen) atoms. The van der Waals surface area contributed by atoms with Crippen molar-refractivity contribution in [2.75, 3.05) is 5.32 Å². The SMILES string of the molecule is Cc1ccc(Nc2c(-c3ccc(C)cc3)[nH]c3cccc[n+]23)cc1. The van der Waals surface area contributed by atoms with Gasteiger partial charge in [-0.05, 0) is 32.0 Å². The van der Waals surface area contributed by atoms with E-state index in [1.165, 1.54) is 16.7 Å². The topological polar surface area (TPSA) is 31.9 Å². The zero-order chi connectivity index (χ0) is 16.5. The predicted octanol–water partition coefficient (Wildman–Crippen LogP) is 4.78. The van der Waals surface area contributed by atoms with Gasteiger partial charge in [0.1, 0.15) is 0 Å². The first-order valence-corrected chi connectivity index (χ1v) is 8.14. The Kier molecular flexibility index (Phi) is 3.54. The van der Waals surface area contributed by atoms with Gasteiger partial charge in [-0.25, -0.2) is 4.40 Å². The summed E-state index contributed by atoms with van der Waals surface area (Å²) in [6.07, 6.45) is 2.07. The van der Waals surface area contributed by atoms with Crippen molar-refractivity contribution in [3.8, 4) is 11.3 Å². The Morgan fingerprint density at radius 2 is 1.46 bits per heavy atom. The summed E-state index contributed by atoms with van der Waals surface area (Å²) in [5.41, 5.74) is 6.90.